The summed E-state index contributed by atoms with van der Waals surface area (Å²) in [7, 11) is 0. The average molecular weight is 274 g/mol. The normalized spacial score (nSPS) is 34.6. The molecule has 106 valence electrons. The van der Waals surface area contributed by atoms with Crippen molar-refractivity contribution in [3.05, 3.63) is 33.1 Å². The van der Waals surface area contributed by atoms with Crippen LogP contribution in [0.15, 0.2) is 21.9 Å². The highest BCUT2D eigenvalue weighted by Crippen LogP contribution is 2.39. The van der Waals surface area contributed by atoms with E-state index in [1.165, 1.54) is 0 Å². The molecular formula is C11H15FN2O5. The molecule has 1 saturated heterocycles. The number of alkyl halides is 1. The Morgan fingerprint density at radius 3 is 2.79 bits per heavy atom. The number of H-pyrrole nitrogens is 1. The summed E-state index contributed by atoms with van der Waals surface area (Å²) in [4.78, 5) is 24.6. The number of ether oxygens (including phenoxy) is 1. The van der Waals surface area contributed by atoms with E-state index in [2.05, 4.69) is 0 Å². The fourth-order valence-corrected chi connectivity index (χ4v) is 2.21. The molecular weight excluding hydrogens is 259 g/mol. The van der Waals surface area contributed by atoms with Crippen molar-refractivity contribution in [2.45, 2.75) is 37.4 Å². The van der Waals surface area contributed by atoms with Gasteiger partial charge in [-0.15, -0.1) is 0 Å². The van der Waals surface area contributed by atoms with Gasteiger partial charge < -0.3 is 14.9 Å². The quantitative estimate of drug-likeness (QED) is 0.649. The predicted molar refractivity (Wildman–Crippen MR) is 62.5 cm³/mol. The van der Waals surface area contributed by atoms with Crippen LogP contribution in [0, 0.1) is 0 Å². The Morgan fingerprint density at radius 2 is 2.26 bits per heavy atom. The largest absolute Gasteiger partial charge is 0.387 e. The summed E-state index contributed by atoms with van der Waals surface area (Å²) in [6.07, 6.45) is -2.19. The number of nitrogens with zero attached hydrogens (tertiary/aromatic N) is 1. The first-order chi connectivity index (χ1) is 8.93. The second-order valence-electron chi connectivity index (χ2n) is 4.52. The Hall–Kier alpha value is -1.51. The third-order valence-corrected chi connectivity index (χ3v) is 3.32. The molecule has 0 saturated carbocycles. The van der Waals surface area contributed by atoms with E-state index in [4.69, 9.17) is 4.74 Å². The number of aromatic nitrogens is 2. The zero-order chi connectivity index (χ0) is 14.2. The zero-order valence-electron chi connectivity index (χ0n) is 10.2. The molecule has 4 atom stereocenters. The van der Waals surface area contributed by atoms with E-state index in [0.717, 1.165) is 16.8 Å². The molecule has 0 aromatic carbocycles. The lowest BCUT2D eigenvalue weighted by molar-refractivity contribution is -0.121. The van der Waals surface area contributed by atoms with Gasteiger partial charge in [0.15, 0.2) is 11.8 Å². The number of hydrogen-bond donors (Lipinski definition) is 3. The molecule has 1 aliphatic rings. The molecule has 7 nitrogen and oxygen atoms in total. The minimum Gasteiger partial charge on any atom is -0.387 e. The van der Waals surface area contributed by atoms with E-state index in [9.17, 15) is 24.2 Å². The molecule has 8 heteroatoms. The molecule has 3 N–H and O–H groups in total. The molecule has 0 radical (unpaired) electrons. The van der Waals surface area contributed by atoms with Gasteiger partial charge in [-0.1, -0.05) is 6.92 Å². The van der Waals surface area contributed by atoms with E-state index in [1.54, 1.807) is 6.92 Å². The Bertz CT molecular complexity index is 571. The summed E-state index contributed by atoms with van der Waals surface area (Å²) in [6.45, 7) is 0.422. The van der Waals surface area contributed by atoms with Crippen LogP contribution in [-0.4, -0.2) is 44.2 Å². The third-order valence-electron chi connectivity index (χ3n) is 3.32. The van der Waals surface area contributed by atoms with Crippen molar-refractivity contribution in [3.63, 3.8) is 0 Å². The van der Waals surface area contributed by atoms with Crippen molar-refractivity contribution in [3.8, 4) is 0 Å². The van der Waals surface area contributed by atoms with Crippen LogP contribution in [0.3, 0.4) is 0 Å². The summed E-state index contributed by atoms with van der Waals surface area (Å²) in [5.41, 5.74) is -3.67. The molecule has 0 aliphatic carbocycles. The second-order valence-corrected chi connectivity index (χ2v) is 4.52. The van der Waals surface area contributed by atoms with Gasteiger partial charge in [0.25, 0.3) is 5.56 Å². The molecule has 1 aromatic heterocycles. The van der Waals surface area contributed by atoms with Gasteiger partial charge in [0.1, 0.15) is 12.8 Å². The highest BCUT2D eigenvalue weighted by atomic mass is 19.1. The maximum Gasteiger partial charge on any atom is 0.330 e. The average Bonchev–Trinajstić information content (AvgIpc) is 2.63. The van der Waals surface area contributed by atoms with Gasteiger partial charge in [-0.05, 0) is 6.42 Å². The van der Waals surface area contributed by atoms with Crippen molar-refractivity contribution < 1.29 is 19.3 Å². The zero-order valence-corrected chi connectivity index (χ0v) is 10.2. The first-order valence-electron chi connectivity index (χ1n) is 5.87. The SMILES string of the molecule is CC[C@H]1O[C@@H](n2ccc(=O)[nH]c2=O)C(O)(CF)[C@H]1O. The lowest BCUT2D eigenvalue weighted by Gasteiger charge is -2.28. The van der Waals surface area contributed by atoms with Gasteiger partial charge in [-0.2, -0.15) is 0 Å². The molecule has 1 unspecified atom stereocenters. The van der Waals surface area contributed by atoms with E-state index in [0.29, 0.717) is 6.42 Å². The minimum absolute atomic E-state index is 0.345. The highest BCUT2D eigenvalue weighted by molar-refractivity contribution is 5.02. The van der Waals surface area contributed by atoms with Crippen molar-refractivity contribution >= 4 is 0 Å². The highest BCUT2D eigenvalue weighted by Gasteiger charge is 2.56. The number of aliphatic hydroxyl groups is 2. The van der Waals surface area contributed by atoms with Crippen molar-refractivity contribution in [2.24, 2.45) is 0 Å². The fraction of sp³-hybridized carbons (Fsp3) is 0.636. The second kappa shape index (κ2) is 4.87. The Morgan fingerprint density at radius 1 is 1.58 bits per heavy atom. The Balaban J connectivity index is 2.48. The van der Waals surface area contributed by atoms with Crippen LogP contribution in [0.25, 0.3) is 0 Å². The number of aliphatic hydroxyl groups excluding tert-OH is 1. The Kier molecular flexibility index (Phi) is 3.57. The van der Waals surface area contributed by atoms with Crippen LogP contribution in [0.4, 0.5) is 4.39 Å². The molecule has 1 aromatic rings. The topological polar surface area (TPSA) is 105 Å². The maximum absolute atomic E-state index is 13.1. The van der Waals surface area contributed by atoms with Gasteiger partial charge in [0.2, 0.25) is 0 Å². The molecule has 1 aliphatic heterocycles. The monoisotopic (exact) mass is 274 g/mol. The molecule has 0 bridgehead atoms. The van der Waals surface area contributed by atoms with Gasteiger partial charge in [-0.3, -0.25) is 14.3 Å². The summed E-state index contributed by atoms with van der Waals surface area (Å²) in [5.74, 6) is 0. The molecule has 1 fully saturated rings. The summed E-state index contributed by atoms with van der Waals surface area (Å²) in [6, 6.07) is 1.05. The molecule has 2 heterocycles. The van der Waals surface area contributed by atoms with Gasteiger partial charge in [0.05, 0.1) is 6.10 Å². The number of nitrogens with one attached hydrogen (secondary N) is 1. The van der Waals surface area contributed by atoms with Crippen LogP contribution in [0.5, 0.6) is 0 Å². The predicted octanol–water partition coefficient (Wildman–Crippen LogP) is -1.09. The third kappa shape index (κ3) is 2.11. The van der Waals surface area contributed by atoms with Crippen molar-refractivity contribution in [2.75, 3.05) is 6.67 Å². The maximum atomic E-state index is 13.1. The first-order valence-corrected chi connectivity index (χ1v) is 5.87. The minimum atomic E-state index is -2.22. The number of aromatic amines is 1. The number of hydrogen-bond acceptors (Lipinski definition) is 5. The van der Waals surface area contributed by atoms with Crippen LogP contribution in [0.2, 0.25) is 0 Å². The molecule has 2 rings (SSSR count). The van der Waals surface area contributed by atoms with Crippen LogP contribution < -0.4 is 11.2 Å². The van der Waals surface area contributed by atoms with E-state index in [-0.39, 0.29) is 0 Å². The summed E-state index contributed by atoms with van der Waals surface area (Å²) in [5, 5.41) is 20.1. The van der Waals surface area contributed by atoms with Crippen molar-refractivity contribution in [1.82, 2.24) is 9.55 Å². The lowest BCUT2D eigenvalue weighted by Crippen LogP contribution is -2.50. The van der Waals surface area contributed by atoms with E-state index < -0.39 is 42.0 Å². The molecule has 0 spiro atoms. The van der Waals surface area contributed by atoms with Crippen LogP contribution in [-0.2, 0) is 4.74 Å². The lowest BCUT2D eigenvalue weighted by atomic mass is 9.94. The summed E-state index contributed by atoms with van der Waals surface area (Å²) >= 11 is 0. The smallest absolute Gasteiger partial charge is 0.330 e. The first kappa shape index (κ1) is 13.9. The van der Waals surface area contributed by atoms with Crippen LogP contribution >= 0.6 is 0 Å². The van der Waals surface area contributed by atoms with Crippen molar-refractivity contribution in [1.29, 1.82) is 0 Å². The molecule has 19 heavy (non-hydrogen) atoms. The number of halogens is 1. The number of rotatable bonds is 3. The summed E-state index contributed by atoms with van der Waals surface area (Å²) < 4.78 is 19.3. The van der Waals surface area contributed by atoms with Gasteiger partial charge in [0, 0.05) is 12.3 Å². The standard InChI is InChI=1S/C11H15FN2O5/c1-2-6-8(16)11(18,5-12)9(19-6)14-4-3-7(15)13-10(14)17/h3-4,6,8-9,16,18H,2,5H2,1H3,(H,13,15,17)/t6-,8+,9-,11?/m1/s1. The van der Waals surface area contributed by atoms with E-state index in [1.807, 2.05) is 4.98 Å². The van der Waals surface area contributed by atoms with Gasteiger partial charge >= 0.3 is 5.69 Å². The van der Waals surface area contributed by atoms with Crippen LogP contribution in [0.1, 0.15) is 19.6 Å². The van der Waals surface area contributed by atoms with Gasteiger partial charge in [-0.25, -0.2) is 9.18 Å². The molecule has 0 amide bonds. The van der Waals surface area contributed by atoms with E-state index >= 15 is 0 Å². The fourth-order valence-electron chi connectivity index (χ4n) is 2.21. The Labute approximate surface area is 107 Å².